The summed E-state index contributed by atoms with van der Waals surface area (Å²) < 4.78 is 12.4. The Balaban J connectivity index is 3.03. The highest BCUT2D eigenvalue weighted by atomic mass is 28.4. The highest BCUT2D eigenvalue weighted by Gasteiger charge is 2.41. The van der Waals surface area contributed by atoms with Crippen LogP contribution in [0.5, 0.6) is 0 Å². The summed E-state index contributed by atoms with van der Waals surface area (Å²) in [7, 11) is -2.21. The summed E-state index contributed by atoms with van der Waals surface area (Å²) in [5, 5.41) is 13.8. The first-order valence-corrected chi connectivity index (χ1v) is 13.8. The molecule has 3 atom stereocenters. The van der Waals surface area contributed by atoms with E-state index in [0.717, 1.165) is 5.56 Å². The molecule has 0 aliphatic carbocycles. The van der Waals surface area contributed by atoms with Crippen molar-refractivity contribution in [3.05, 3.63) is 46.3 Å². The van der Waals surface area contributed by atoms with Gasteiger partial charge in [-0.1, -0.05) is 70.1 Å². The van der Waals surface area contributed by atoms with Gasteiger partial charge in [0, 0.05) is 4.91 Å². The summed E-state index contributed by atoms with van der Waals surface area (Å²) in [5.41, 5.74) is 10.1. The highest BCUT2D eigenvalue weighted by Crippen LogP contribution is 2.39. The molecular formula is C23H39N3O4Si. The van der Waals surface area contributed by atoms with Crippen LogP contribution in [0.25, 0.3) is 10.4 Å². The smallest absolute Gasteiger partial charge is 0.308 e. The second kappa shape index (κ2) is 12.2. The molecule has 0 aliphatic rings. The number of hydrogen-bond acceptors (Lipinski definition) is 4. The maximum atomic E-state index is 12.0. The van der Waals surface area contributed by atoms with Crippen LogP contribution >= 0.6 is 0 Å². The summed E-state index contributed by atoms with van der Waals surface area (Å²) in [4.78, 5) is 15.1. The van der Waals surface area contributed by atoms with Crippen LogP contribution in [0, 0.1) is 11.8 Å². The minimum absolute atomic E-state index is 0.0491. The molecule has 0 amide bonds. The molecule has 0 heterocycles. The van der Waals surface area contributed by atoms with E-state index in [-0.39, 0.29) is 18.1 Å². The number of nitrogens with zero attached hydrogens (tertiary/aromatic N) is 3. The Bertz CT molecular complexity index is 728. The molecule has 174 valence electrons. The van der Waals surface area contributed by atoms with Crippen LogP contribution in [0.2, 0.25) is 18.1 Å². The largest absolute Gasteiger partial charge is 0.481 e. The molecule has 7 nitrogen and oxygen atoms in total. The van der Waals surface area contributed by atoms with Gasteiger partial charge in [-0.15, -0.1) is 0 Å². The lowest BCUT2D eigenvalue weighted by Gasteiger charge is -2.41. The topological polar surface area (TPSA) is 105 Å². The molecule has 0 aliphatic heterocycles. The van der Waals surface area contributed by atoms with E-state index in [1.165, 1.54) is 0 Å². The number of azide groups is 1. The third-order valence-electron chi connectivity index (χ3n) is 5.89. The fourth-order valence-electron chi connectivity index (χ4n) is 3.08. The van der Waals surface area contributed by atoms with Crippen molar-refractivity contribution in [3.63, 3.8) is 0 Å². The first-order chi connectivity index (χ1) is 14.4. The summed E-state index contributed by atoms with van der Waals surface area (Å²) >= 11 is 0. The number of aliphatic carboxylic acids is 1. The molecule has 0 spiro atoms. The highest BCUT2D eigenvalue weighted by molar-refractivity contribution is 6.74. The molecule has 8 heteroatoms. The van der Waals surface area contributed by atoms with Crippen LogP contribution in [-0.2, 0) is 20.6 Å². The molecular weight excluding hydrogens is 410 g/mol. The van der Waals surface area contributed by atoms with Crippen LogP contribution in [-0.4, -0.2) is 38.1 Å². The number of carboxylic acids is 1. The third kappa shape index (κ3) is 9.43. The van der Waals surface area contributed by atoms with Gasteiger partial charge in [0.15, 0.2) is 8.32 Å². The van der Waals surface area contributed by atoms with Crippen LogP contribution in [0.15, 0.2) is 35.4 Å². The van der Waals surface area contributed by atoms with Gasteiger partial charge in [-0.25, -0.2) is 0 Å². The van der Waals surface area contributed by atoms with Crippen LogP contribution < -0.4 is 0 Å². The predicted molar refractivity (Wildman–Crippen MR) is 126 cm³/mol. The van der Waals surface area contributed by atoms with Crippen molar-refractivity contribution in [3.8, 4) is 0 Å². The number of hydrogen-bond donors (Lipinski definition) is 1. The molecule has 0 bridgehead atoms. The molecule has 0 fully saturated rings. The summed E-state index contributed by atoms with van der Waals surface area (Å²) in [6, 6.07) is 9.24. The fraction of sp³-hybridized carbons (Fsp3) is 0.696. The van der Waals surface area contributed by atoms with Gasteiger partial charge in [-0.3, -0.25) is 4.79 Å². The zero-order valence-corrected chi connectivity index (χ0v) is 21.0. The van der Waals surface area contributed by atoms with Gasteiger partial charge in [0.2, 0.25) is 0 Å². The van der Waals surface area contributed by atoms with Crippen molar-refractivity contribution < 1.29 is 19.1 Å². The Labute approximate surface area is 187 Å². The quantitative estimate of drug-likeness (QED) is 0.162. The van der Waals surface area contributed by atoms with E-state index in [4.69, 9.17) is 14.7 Å². The van der Waals surface area contributed by atoms with E-state index in [1.807, 2.05) is 30.3 Å². The SMILES string of the molecule is CC(C)C[C@H](N=[N+]=[N-])[C@H](C[C@@H](COCc1ccccc1)C(=O)O)O[Si](C)(C)C(C)(C)C. The average molecular weight is 450 g/mol. The lowest BCUT2D eigenvalue weighted by molar-refractivity contribution is -0.145. The molecule has 1 aromatic rings. The molecule has 0 unspecified atom stereocenters. The van der Waals surface area contributed by atoms with Gasteiger partial charge in [0.1, 0.15) is 0 Å². The second-order valence-electron chi connectivity index (χ2n) is 10.1. The normalized spacial score (nSPS) is 15.2. The lowest BCUT2D eigenvalue weighted by atomic mass is 9.93. The molecule has 0 saturated carbocycles. The van der Waals surface area contributed by atoms with Crippen molar-refractivity contribution >= 4 is 14.3 Å². The number of benzene rings is 1. The van der Waals surface area contributed by atoms with Gasteiger partial charge >= 0.3 is 5.97 Å². The summed E-state index contributed by atoms with van der Waals surface area (Å²) in [6.45, 7) is 15.2. The lowest BCUT2D eigenvalue weighted by Crippen LogP contribution is -2.48. The molecule has 1 aromatic carbocycles. The van der Waals surface area contributed by atoms with E-state index in [1.54, 1.807) is 0 Å². The van der Waals surface area contributed by atoms with Gasteiger partial charge in [-0.05, 0) is 48.0 Å². The molecule has 1 rings (SSSR count). The van der Waals surface area contributed by atoms with Gasteiger partial charge in [0.05, 0.1) is 31.3 Å². The Morgan fingerprint density at radius 1 is 1.19 bits per heavy atom. The first-order valence-electron chi connectivity index (χ1n) is 10.9. The van der Waals surface area contributed by atoms with Crippen molar-refractivity contribution in [1.82, 2.24) is 0 Å². The summed E-state index contributed by atoms with van der Waals surface area (Å²) in [6.07, 6.45) is 0.411. The number of carboxylic acid groups (broad SMARTS) is 1. The first kappa shape index (κ1) is 27.2. The van der Waals surface area contributed by atoms with E-state index in [9.17, 15) is 9.90 Å². The molecule has 1 N–H and O–H groups in total. The Hall–Kier alpha value is -1.86. The van der Waals surface area contributed by atoms with Crippen molar-refractivity contribution in [1.29, 1.82) is 0 Å². The fourth-order valence-corrected chi connectivity index (χ4v) is 4.44. The Kier molecular flexibility index (Phi) is 10.7. The van der Waals surface area contributed by atoms with Gasteiger partial charge in [0.25, 0.3) is 0 Å². The maximum absolute atomic E-state index is 12.0. The Morgan fingerprint density at radius 3 is 2.29 bits per heavy atom. The number of ether oxygens (including phenoxy) is 1. The third-order valence-corrected chi connectivity index (χ3v) is 10.4. The summed E-state index contributed by atoms with van der Waals surface area (Å²) in [5.74, 6) is -1.39. The van der Waals surface area contributed by atoms with Crippen molar-refractivity contribution in [2.45, 2.75) is 84.3 Å². The van der Waals surface area contributed by atoms with Crippen molar-refractivity contribution in [2.24, 2.45) is 17.0 Å². The molecule has 0 aromatic heterocycles. The van der Waals surface area contributed by atoms with E-state index >= 15 is 0 Å². The average Bonchev–Trinajstić information content (AvgIpc) is 2.65. The molecule has 31 heavy (non-hydrogen) atoms. The zero-order valence-electron chi connectivity index (χ0n) is 20.0. The minimum Gasteiger partial charge on any atom is -0.481 e. The van der Waals surface area contributed by atoms with E-state index < -0.39 is 32.4 Å². The minimum atomic E-state index is -2.21. The number of rotatable bonds is 13. The van der Waals surface area contributed by atoms with Crippen LogP contribution in [0.4, 0.5) is 0 Å². The monoisotopic (exact) mass is 449 g/mol. The standard InChI is InChI=1S/C23H39N3O4Si/c1-17(2)13-20(25-26-24)21(30-31(6,7)23(3,4)5)14-19(22(27)28)16-29-15-18-11-9-8-10-12-18/h8-12,17,19-21H,13-16H2,1-7H3,(H,27,28)/t19-,20-,21-/m0/s1. The maximum Gasteiger partial charge on any atom is 0.308 e. The van der Waals surface area contributed by atoms with E-state index in [2.05, 4.69) is 57.7 Å². The van der Waals surface area contributed by atoms with Crippen LogP contribution in [0.3, 0.4) is 0 Å². The van der Waals surface area contributed by atoms with Gasteiger partial charge < -0.3 is 14.3 Å². The Morgan fingerprint density at radius 2 is 1.81 bits per heavy atom. The van der Waals surface area contributed by atoms with Crippen molar-refractivity contribution in [2.75, 3.05) is 6.61 Å². The molecule has 0 radical (unpaired) electrons. The number of carbonyl (C=O) groups is 1. The second-order valence-corrected chi connectivity index (χ2v) is 14.8. The van der Waals surface area contributed by atoms with E-state index in [0.29, 0.717) is 18.9 Å². The van der Waals surface area contributed by atoms with Gasteiger partial charge in [-0.2, -0.15) is 0 Å². The predicted octanol–water partition coefficient (Wildman–Crippen LogP) is 6.41. The zero-order chi connectivity index (χ0) is 23.7. The molecule has 0 saturated heterocycles. The van der Waals surface area contributed by atoms with Crippen LogP contribution in [0.1, 0.15) is 53.0 Å².